The van der Waals surface area contributed by atoms with Gasteiger partial charge in [0.1, 0.15) is 0 Å². The van der Waals surface area contributed by atoms with Gasteiger partial charge in [-0.2, -0.15) is 0 Å². The van der Waals surface area contributed by atoms with Crippen LogP contribution in [0.1, 0.15) is 20.3 Å². The molecule has 0 aliphatic heterocycles. The van der Waals surface area contributed by atoms with E-state index < -0.39 is 0 Å². The minimum absolute atomic E-state index is 0.245. The Bertz CT molecular complexity index is 143. The maximum Gasteiger partial charge on any atom is -0.0146 e. The molecular weight excluding hydrogens is 151 g/mol. The van der Waals surface area contributed by atoms with Crippen molar-refractivity contribution >= 4 is 7.92 Å². The van der Waals surface area contributed by atoms with Gasteiger partial charge in [-0.1, -0.05) is 30.7 Å². The van der Waals surface area contributed by atoms with Gasteiger partial charge in [-0.15, -0.1) is 7.92 Å². The molecule has 0 radical (unpaired) electrons. The van der Waals surface area contributed by atoms with Crippen LogP contribution in [0.25, 0.3) is 0 Å². The molecule has 0 saturated heterocycles. The van der Waals surface area contributed by atoms with Crippen LogP contribution in [0.4, 0.5) is 0 Å². The van der Waals surface area contributed by atoms with E-state index in [2.05, 4.69) is 45.4 Å². The number of allylic oxidation sites excluding steroid dienone is 4. The van der Waals surface area contributed by atoms with Crippen molar-refractivity contribution in [1.29, 1.82) is 0 Å². The second-order valence-electron chi connectivity index (χ2n) is 2.88. The van der Waals surface area contributed by atoms with Gasteiger partial charge in [0, 0.05) is 0 Å². The largest absolute Gasteiger partial charge is 0.109 e. The fraction of sp³-hybridized carbons (Fsp3) is 0.600. The SMILES string of the molecule is C/C=C(\C=C/CP(C)C)CC. The Kier molecular flexibility index (Phi) is 6.56. The molecule has 0 aliphatic rings. The summed E-state index contributed by atoms with van der Waals surface area (Å²) in [6.07, 6.45) is 9.14. The fourth-order valence-corrected chi connectivity index (χ4v) is 1.36. The first-order chi connectivity index (χ1) is 5.20. The molecule has 0 aromatic rings. The molecule has 0 aromatic carbocycles. The summed E-state index contributed by atoms with van der Waals surface area (Å²) in [5, 5.41) is 0. The Morgan fingerprint density at radius 2 is 2.00 bits per heavy atom. The Morgan fingerprint density at radius 1 is 1.36 bits per heavy atom. The van der Waals surface area contributed by atoms with E-state index in [0.717, 1.165) is 6.42 Å². The number of hydrogen-bond acceptors (Lipinski definition) is 0. The monoisotopic (exact) mass is 170 g/mol. The van der Waals surface area contributed by atoms with Gasteiger partial charge in [0.05, 0.1) is 0 Å². The molecule has 0 amide bonds. The van der Waals surface area contributed by atoms with Crippen LogP contribution in [0.3, 0.4) is 0 Å². The zero-order valence-corrected chi connectivity index (χ0v) is 8.99. The van der Waals surface area contributed by atoms with Crippen LogP contribution >= 0.6 is 7.92 Å². The van der Waals surface area contributed by atoms with E-state index in [0.29, 0.717) is 0 Å². The van der Waals surface area contributed by atoms with Crippen LogP contribution in [0.15, 0.2) is 23.8 Å². The van der Waals surface area contributed by atoms with Crippen LogP contribution < -0.4 is 0 Å². The first-order valence-electron chi connectivity index (χ1n) is 4.17. The normalized spacial score (nSPS) is 13.4. The molecule has 0 heterocycles. The molecule has 0 saturated carbocycles. The van der Waals surface area contributed by atoms with Gasteiger partial charge in [0.15, 0.2) is 0 Å². The molecule has 0 aliphatic carbocycles. The third-order valence-electron chi connectivity index (χ3n) is 1.58. The van der Waals surface area contributed by atoms with Gasteiger partial charge in [0.25, 0.3) is 0 Å². The lowest BCUT2D eigenvalue weighted by molar-refractivity contribution is 1.14. The van der Waals surface area contributed by atoms with Crippen LogP contribution in [0, 0.1) is 0 Å². The molecular formula is C10H19P. The topological polar surface area (TPSA) is 0 Å². The van der Waals surface area contributed by atoms with Crippen LogP contribution in [0.2, 0.25) is 0 Å². The second kappa shape index (κ2) is 6.61. The van der Waals surface area contributed by atoms with E-state index in [1.165, 1.54) is 11.7 Å². The van der Waals surface area contributed by atoms with Gasteiger partial charge in [-0.25, -0.2) is 0 Å². The molecule has 0 nitrogen and oxygen atoms in total. The van der Waals surface area contributed by atoms with Gasteiger partial charge in [0.2, 0.25) is 0 Å². The van der Waals surface area contributed by atoms with Crippen molar-refractivity contribution in [2.24, 2.45) is 0 Å². The Balaban J connectivity index is 3.72. The molecule has 11 heavy (non-hydrogen) atoms. The maximum absolute atomic E-state index is 2.31. The van der Waals surface area contributed by atoms with Gasteiger partial charge >= 0.3 is 0 Å². The third-order valence-corrected chi connectivity index (χ3v) is 2.52. The summed E-state index contributed by atoms with van der Waals surface area (Å²) in [6, 6.07) is 0. The van der Waals surface area contributed by atoms with Gasteiger partial charge < -0.3 is 0 Å². The second-order valence-corrected chi connectivity index (χ2v) is 5.41. The van der Waals surface area contributed by atoms with Crippen molar-refractivity contribution in [3.05, 3.63) is 23.8 Å². The molecule has 0 spiro atoms. The highest BCUT2D eigenvalue weighted by Crippen LogP contribution is 2.23. The Labute approximate surface area is 72.1 Å². The van der Waals surface area contributed by atoms with Crippen molar-refractivity contribution in [3.63, 3.8) is 0 Å². The van der Waals surface area contributed by atoms with Crippen molar-refractivity contribution in [3.8, 4) is 0 Å². The lowest BCUT2D eigenvalue weighted by Gasteiger charge is -1.98. The van der Waals surface area contributed by atoms with E-state index in [9.17, 15) is 0 Å². The van der Waals surface area contributed by atoms with Gasteiger partial charge in [-0.05, 0) is 32.8 Å². The lowest BCUT2D eigenvalue weighted by atomic mass is 10.2. The fourth-order valence-electron chi connectivity index (χ4n) is 0.833. The summed E-state index contributed by atoms with van der Waals surface area (Å²) < 4.78 is 0. The number of rotatable bonds is 4. The molecule has 0 atom stereocenters. The Morgan fingerprint density at radius 3 is 2.36 bits per heavy atom. The highest BCUT2D eigenvalue weighted by atomic mass is 31.1. The average molecular weight is 170 g/mol. The standard InChI is InChI=1S/C10H19P/c1-5-10(6-2)8-7-9-11(3)4/h5,7-8H,6,9H2,1-4H3/b8-7-,10-5-. The van der Waals surface area contributed by atoms with Crippen molar-refractivity contribution < 1.29 is 0 Å². The van der Waals surface area contributed by atoms with E-state index in [1.807, 2.05) is 0 Å². The zero-order chi connectivity index (χ0) is 8.69. The van der Waals surface area contributed by atoms with E-state index in [1.54, 1.807) is 0 Å². The molecule has 0 N–H and O–H groups in total. The molecule has 0 rings (SSSR count). The highest BCUT2D eigenvalue weighted by Gasteiger charge is 1.87. The summed E-state index contributed by atoms with van der Waals surface area (Å²) in [7, 11) is 0.245. The molecule has 64 valence electrons. The molecule has 0 unspecified atom stereocenters. The Hall–Kier alpha value is -0.0900. The minimum atomic E-state index is 0.245. The average Bonchev–Trinajstić information content (AvgIpc) is 1.98. The third kappa shape index (κ3) is 6.31. The summed E-state index contributed by atoms with van der Waals surface area (Å²) in [5.74, 6) is 0. The van der Waals surface area contributed by atoms with Crippen molar-refractivity contribution in [2.45, 2.75) is 20.3 Å². The van der Waals surface area contributed by atoms with Crippen molar-refractivity contribution in [2.75, 3.05) is 19.5 Å². The molecule has 0 bridgehead atoms. The van der Waals surface area contributed by atoms with Crippen molar-refractivity contribution in [1.82, 2.24) is 0 Å². The first kappa shape index (κ1) is 10.9. The highest BCUT2D eigenvalue weighted by molar-refractivity contribution is 7.56. The first-order valence-corrected chi connectivity index (χ1v) is 6.59. The van der Waals surface area contributed by atoms with Crippen LogP contribution in [-0.4, -0.2) is 19.5 Å². The lowest BCUT2D eigenvalue weighted by Crippen LogP contribution is -1.76. The minimum Gasteiger partial charge on any atom is -0.109 e. The van der Waals surface area contributed by atoms with E-state index >= 15 is 0 Å². The quantitative estimate of drug-likeness (QED) is 0.446. The van der Waals surface area contributed by atoms with Crippen LogP contribution in [-0.2, 0) is 0 Å². The maximum atomic E-state index is 2.31. The molecule has 0 fully saturated rings. The van der Waals surface area contributed by atoms with Crippen LogP contribution in [0.5, 0.6) is 0 Å². The zero-order valence-electron chi connectivity index (χ0n) is 8.09. The van der Waals surface area contributed by atoms with E-state index in [4.69, 9.17) is 0 Å². The molecule has 1 heteroatoms. The predicted molar refractivity (Wildman–Crippen MR) is 56.8 cm³/mol. The summed E-state index contributed by atoms with van der Waals surface area (Å²) in [4.78, 5) is 0. The number of hydrogen-bond donors (Lipinski definition) is 0. The van der Waals surface area contributed by atoms with Gasteiger partial charge in [-0.3, -0.25) is 0 Å². The summed E-state index contributed by atoms with van der Waals surface area (Å²) >= 11 is 0. The summed E-state index contributed by atoms with van der Waals surface area (Å²) in [6.45, 7) is 8.91. The predicted octanol–water partition coefficient (Wildman–Crippen LogP) is 3.64. The summed E-state index contributed by atoms with van der Waals surface area (Å²) in [5.41, 5.74) is 1.45. The molecule has 0 aromatic heterocycles. The smallest absolute Gasteiger partial charge is 0.0146 e. The van der Waals surface area contributed by atoms with E-state index in [-0.39, 0.29) is 7.92 Å².